The Morgan fingerprint density at radius 2 is 2.04 bits per heavy atom. The minimum atomic E-state index is -0.532. The lowest BCUT2D eigenvalue weighted by Crippen LogP contribution is -2.49. The molecule has 1 heterocycles. The van der Waals surface area contributed by atoms with Crippen LogP contribution in [0.5, 0.6) is 5.75 Å². The van der Waals surface area contributed by atoms with Crippen LogP contribution in [-0.2, 0) is 0 Å². The van der Waals surface area contributed by atoms with E-state index < -0.39 is 5.54 Å². The lowest BCUT2D eigenvalue weighted by atomic mass is 9.99. The molecular weight excluding hydrogens is 318 g/mol. The van der Waals surface area contributed by atoms with E-state index in [4.69, 9.17) is 4.74 Å². The molecule has 0 saturated heterocycles. The van der Waals surface area contributed by atoms with Crippen LogP contribution in [0.3, 0.4) is 0 Å². The average Bonchev–Trinajstić information content (AvgIpc) is 3.28. The fraction of sp³-hybridized carbons (Fsp3) is 0.474. The van der Waals surface area contributed by atoms with Gasteiger partial charge in [-0.1, -0.05) is 38.0 Å². The quantitative estimate of drug-likeness (QED) is 0.810. The van der Waals surface area contributed by atoms with Gasteiger partial charge in [0.05, 0.1) is 30.6 Å². The van der Waals surface area contributed by atoms with E-state index in [0.29, 0.717) is 12.4 Å². The van der Waals surface area contributed by atoms with Gasteiger partial charge in [-0.2, -0.15) is 5.10 Å². The highest BCUT2D eigenvalue weighted by Gasteiger charge is 2.36. The van der Waals surface area contributed by atoms with Crippen molar-refractivity contribution in [3.63, 3.8) is 0 Å². The number of carbonyl (C=O) groups excluding carboxylic acids is 1. The minimum absolute atomic E-state index is 0.0523. The maximum absolute atomic E-state index is 12.8. The minimum Gasteiger partial charge on any atom is -0.489 e. The van der Waals surface area contributed by atoms with E-state index in [9.17, 15) is 9.90 Å². The number of aromatic nitrogens is 2. The number of nitrogens with zero attached hydrogens (tertiary/aromatic N) is 2. The third kappa shape index (κ3) is 3.85. The molecule has 0 bridgehead atoms. The predicted octanol–water partition coefficient (Wildman–Crippen LogP) is 2.70. The lowest BCUT2D eigenvalue weighted by Gasteiger charge is -2.27. The molecule has 1 saturated carbocycles. The number of hydrogen-bond acceptors (Lipinski definition) is 4. The summed E-state index contributed by atoms with van der Waals surface area (Å²) in [6, 6.07) is 9.61. The van der Waals surface area contributed by atoms with Gasteiger partial charge in [-0.05, 0) is 31.4 Å². The van der Waals surface area contributed by atoms with Crippen LogP contribution >= 0.6 is 0 Å². The molecule has 1 amide bonds. The van der Waals surface area contributed by atoms with Crippen LogP contribution in [0.25, 0.3) is 5.69 Å². The van der Waals surface area contributed by atoms with Gasteiger partial charge in [0.2, 0.25) is 0 Å². The van der Waals surface area contributed by atoms with Crippen LogP contribution in [0, 0.1) is 0 Å². The zero-order valence-electron chi connectivity index (χ0n) is 14.6. The number of aliphatic hydroxyl groups is 1. The topological polar surface area (TPSA) is 76.4 Å². The Hall–Kier alpha value is -2.34. The normalized spacial score (nSPS) is 15.9. The van der Waals surface area contributed by atoms with Gasteiger partial charge < -0.3 is 15.2 Å². The molecule has 1 aromatic heterocycles. The molecule has 0 spiro atoms. The van der Waals surface area contributed by atoms with Crippen molar-refractivity contribution < 1.29 is 14.6 Å². The Bertz CT molecular complexity index is 706. The first-order valence-electron chi connectivity index (χ1n) is 8.89. The van der Waals surface area contributed by atoms with Gasteiger partial charge in [0, 0.05) is 0 Å². The molecule has 6 heteroatoms. The summed E-state index contributed by atoms with van der Waals surface area (Å²) in [4.78, 5) is 12.8. The molecule has 3 rings (SSSR count). The first-order valence-corrected chi connectivity index (χ1v) is 8.89. The Labute approximate surface area is 147 Å². The molecule has 2 aromatic rings. The molecule has 25 heavy (non-hydrogen) atoms. The Morgan fingerprint density at radius 3 is 2.68 bits per heavy atom. The predicted molar refractivity (Wildman–Crippen MR) is 95.1 cm³/mol. The van der Waals surface area contributed by atoms with Crippen LogP contribution in [0.2, 0.25) is 0 Å². The van der Waals surface area contributed by atoms with E-state index in [-0.39, 0.29) is 18.2 Å². The zero-order valence-corrected chi connectivity index (χ0v) is 14.6. The van der Waals surface area contributed by atoms with Crippen molar-refractivity contribution in [2.45, 2.75) is 44.6 Å². The van der Waals surface area contributed by atoms with Crippen LogP contribution in [-0.4, -0.2) is 39.5 Å². The summed E-state index contributed by atoms with van der Waals surface area (Å²) < 4.78 is 7.39. The van der Waals surface area contributed by atoms with Crippen molar-refractivity contribution in [1.29, 1.82) is 0 Å². The van der Waals surface area contributed by atoms with Gasteiger partial charge in [0.25, 0.3) is 5.91 Å². The van der Waals surface area contributed by atoms with Crippen molar-refractivity contribution >= 4 is 5.91 Å². The van der Waals surface area contributed by atoms with Crippen molar-refractivity contribution in [2.24, 2.45) is 0 Å². The summed E-state index contributed by atoms with van der Waals surface area (Å²) in [5.41, 5.74) is 0.591. The second-order valence-electron chi connectivity index (χ2n) is 6.57. The highest BCUT2D eigenvalue weighted by Crippen LogP contribution is 2.30. The van der Waals surface area contributed by atoms with Gasteiger partial charge in [-0.15, -0.1) is 0 Å². The second-order valence-corrected chi connectivity index (χ2v) is 6.57. The summed E-state index contributed by atoms with van der Waals surface area (Å²) in [6.45, 7) is 2.48. The lowest BCUT2D eigenvalue weighted by molar-refractivity contribution is 0.0829. The van der Waals surface area contributed by atoms with Crippen molar-refractivity contribution in [3.8, 4) is 11.4 Å². The fourth-order valence-electron chi connectivity index (χ4n) is 3.22. The number of aliphatic hydroxyl groups excluding tert-OH is 1. The Balaban J connectivity index is 1.87. The van der Waals surface area contributed by atoms with Crippen molar-refractivity contribution in [1.82, 2.24) is 15.1 Å². The first kappa shape index (κ1) is 17.5. The van der Waals surface area contributed by atoms with Crippen LogP contribution in [0.15, 0.2) is 36.5 Å². The first-order chi connectivity index (χ1) is 12.2. The molecule has 0 unspecified atom stereocenters. The number of carbonyl (C=O) groups is 1. The van der Waals surface area contributed by atoms with Gasteiger partial charge >= 0.3 is 0 Å². The van der Waals surface area contributed by atoms with E-state index >= 15 is 0 Å². The smallest absolute Gasteiger partial charge is 0.276 e. The third-order valence-electron chi connectivity index (χ3n) is 4.62. The number of para-hydroxylation sites is 1. The Morgan fingerprint density at radius 1 is 1.32 bits per heavy atom. The third-order valence-corrected chi connectivity index (χ3v) is 4.62. The van der Waals surface area contributed by atoms with Crippen LogP contribution < -0.4 is 10.1 Å². The van der Waals surface area contributed by atoms with E-state index in [0.717, 1.165) is 37.8 Å². The van der Waals surface area contributed by atoms with Gasteiger partial charge in [0.1, 0.15) is 0 Å². The second kappa shape index (κ2) is 7.70. The molecule has 1 fully saturated rings. The summed E-state index contributed by atoms with van der Waals surface area (Å²) >= 11 is 0. The molecule has 0 radical (unpaired) electrons. The maximum Gasteiger partial charge on any atom is 0.276 e. The number of ether oxygens (including phenoxy) is 1. The molecule has 1 aromatic carbocycles. The molecule has 1 aliphatic carbocycles. The highest BCUT2D eigenvalue weighted by atomic mass is 16.5. The SMILES string of the molecule is CCCOc1cn(-c2ccccc2)nc1C(=O)NC1(CO)CCCC1. The molecule has 2 N–H and O–H groups in total. The summed E-state index contributed by atoms with van der Waals surface area (Å²) in [5.74, 6) is 0.172. The van der Waals surface area contributed by atoms with E-state index in [1.165, 1.54) is 0 Å². The van der Waals surface area contributed by atoms with Gasteiger partial charge in [0.15, 0.2) is 11.4 Å². The number of benzene rings is 1. The number of rotatable bonds is 7. The van der Waals surface area contributed by atoms with Gasteiger partial charge in [-0.3, -0.25) is 4.79 Å². The Kier molecular flexibility index (Phi) is 5.38. The van der Waals surface area contributed by atoms with E-state index in [1.54, 1.807) is 10.9 Å². The number of hydrogen-bond donors (Lipinski definition) is 2. The van der Waals surface area contributed by atoms with E-state index in [2.05, 4.69) is 10.4 Å². The van der Waals surface area contributed by atoms with Crippen LogP contribution in [0.1, 0.15) is 49.5 Å². The summed E-state index contributed by atoms with van der Waals surface area (Å²) in [6.07, 6.45) is 6.19. The number of nitrogens with one attached hydrogen (secondary N) is 1. The van der Waals surface area contributed by atoms with E-state index in [1.807, 2.05) is 37.3 Å². The molecule has 0 atom stereocenters. The fourth-order valence-corrected chi connectivity index (χ4v) is 3.22. The van der Waals surface area contributed by atoms with Crippen molar-refractivity contribution in [3.05, 3.63) is 42.2 Å². The summed E-state index contributed by atoms with van der Waals surface area (Å²) in [5, 5.41) is 17.2. The molecule has 1 aliphatic rings. The highest BCUT2D eigenvalue weighted by molar-refractivity contribution is 5.95. The average molecular weight is 343 g/mol. The maximum atomic E-state index is 12.8. The monoisotopic (exact) mass is 343 g/mol. The number of amides is 1. The van der Waals surface area contributed by atoms with Crippen LogP contribution in [0.4, 0.5) is 0 Å². The standard InChI is InChI=1S/C19H25N3O3/c1-2-12-25-16-13-22(15-8-4-3-5-9-15)21-17(16)18(24)20-19(14-23)10-6-7-11-19/h3-5,8-9,13,23H,2,6-7,10-12,14H2,1H3,(H,20,24). The molecular formula is C19H25N3O3. The molecule has 0 aliphatic heterocycles. The van der Waals surface area contributed by atoms with Crippen molar-refractivity contribution in [2.75, 3.05) is 13.2 Å². The summed E-state index contributed by atoms with van der Waals surface area (Å²) in [7, 11) is 0. The largest absolute Gasteiger partial charge is 0.489 e. The zero-order chi connectivity index (χ0) is 17.7. The molecule has 6 nitrogen and oxygen atoms in total. The van der Waals surface area contributed by atoms with Gasteiger partial charge in [-0.25, -0.2) is 4.68 Å². The molecule has 134 valence electrons.